The molecule has 1 aliphatic rings. The van der Waals surface area contributed by atoms with Gasteiger partial charge >= 0.3 is 0 Å². The molecule has 0 aromatic carbocycles. The van der Waals surface area contributed by atoms with Crippen LogP contribution in [0.1, 0.15) is 39.5 Å². The van der Waals surface area contributed by atoms with Gasteiger partial charge in [-0.25, -0.2) is 12.7 Å². The molecule has 102 valence electrons. The van der Waals surface area contributed by atoms with Gasteiger partial charge in [-0.3, -0.25) is 0 Å². The molecule has 5 heteroatoms. The molecule has 1 saturated heterocycles. The van der Waals surface area contributed by atoms with Gasteiger partial charge in [0.25, 0.3) is 0 Å². The van der Waals surface area contributed by atoms with Crippen LogP contribution in [0.2, 0.25) is 0 Å². The number of piperidine rings is 1. The average Bonchev–Trinajstić information content (AvgIpc) is 2.35. The van der Waals surface area contributed by atoms with Gasteiger partial charge < -0.3 is 5.32 Å². The molecule has 0 saturated carbocycles. The van der Waals surface area contributed by atoms with Gasteiger partial charge in [-0.1, -0.05) is 13.3 Å². The van der Waals surface area contributed by atoms with Crippen LogP contribution in [0.15, 0.2) is 0 Å². The van der Waals surface area contributed by atoms with Gasteiger partial charge in [0.1, 0.15) is 0 Å². The number of hydrogen-bond donors (Lipinski definition) is 1. The first kappa shape index (κ1) is 14.9. The van der Waals surface area contributed by atoms with Gasteiger partial charge in [-0.2, -0.15) is 0 Å². The highest BCUT2D eigenvalue weighted by Crippen LogP contribution is 2.22. The molecule has 0 radical (unpaired) electrons. The van der Waals surface area contributed by atoms with Crippen LogP contribution in [-0.4, -0.2) is 44.7 Å². The second kappa shape index (κ2) is 6.71. The fourth-order valence-electron chi connectivity index (χ4n) is 2.35. The molecule has 4 nitrogen and oxygen atoms in total. The lowest BCUT2D eigenvalue weighted by Gasteiger charge is -2.34. The third-order valence-electron chi connectivity index (χ3n) is 3.81. The zero-order chi connectivity index (χ0) is 12.9. The maximum absolute atomic E-state index is 12.0. The van der Waals surface area contributed by atoms with Crippen molar-refractivity contribution in [1.29, 1.82) is 0 Å². The molecule has 1 fully saturated rings. The summed E-state index contributed by atoms with van der Waals surface area (Å²) in [6.45, 7) is 5.59. The standard InChI is InChI=1S/C12H26N2O2S/c1-4-5-10-17(15,16)14-8-6-12(7-9-14)11(2)13-3/h11-13H,4-10H2,1-3H3. The topological polar surface area (TPSA) is 49.4 Å². The number of rotatable bonds is 6. The maximum Gasteiger partial charge on any atom is 0.214 e. The summed E-state index contributed by atoms with van der Waals surface area (Å²) >= 11 is 0. The van der Waals surface area contributed by atoms with Gasteiger partial charge in [-0.05, 0) is 39.2 Å². The normalized spacial score (nSPS) is 21.6. The van der Waals surface area contributed by atoms with Crippen LogP contribution >= 0.6 is 0 Å². The Bertz CT molecular complexity index is 308. The zero-order valence-corrected chi connectivity index (χ0v) is 12.1. The summed E-state index contributed by atoms with van der Waals surface area (Å²) in [5.74, 6) is 0.924. The fourth-order valence-corrected chi connectivity index (χ4v) is 4.02. The van der Waals surface area contributed by atoms with Crippen LogP contribution in [0, 0.1) is 5.92 Å². The van der Waals surface area contributed by atoms with Crippen LogP contribution in [-0.2, 0) is 10.0 Å². The van der Waals surface area contributed by atoms with E-state index in [0.29, 0.717) is 30.8 Å². The summed E-state index contributed by atoms with van der Waals surface area (Å²) in [6.07, 6.45) is 3.67. The van der Waals surface area contributed by atoms with Crippen LogP contribution in [0.4, 0.5) is 0 Å². The van der Waals surface area contributed by atoms with E-state index in [1.165, 1.54) is 0 Å². The summed E-state index contributed by atoms with van der Waals surface area (Å²) < 4.78 is 25.7. The molecule has 1 atom stereocenters. The lowest BCUT2D eigenvalue weighted by molar-refractivity contribution is 0.236. The lowest BCUT2D eigenvalue weighted by atomic mass is 9.91. The Labute approximate surface area is 106 Å². The number of nitrogens with one attached hydrogen (secondary N) is 1. The Morgan fingerprint density at radius 1 is 1.35 bits per heavy atom. The van der Waals surface area contributed by atoms with Gasteiger partial charge in [0.2, 0.25) is 10.0 Å². The van der Waals surface area contributed by atoms with Crippen LogP contribution in [0.25, 0.3) is 0 Å². The summed E-state index contributed by atoms with van der Waals surface area (Å²) in [5, 5.41) is 3.25. The van der Waals surface area contributed by atoms with Crippen LogP contribution in [0.5, 0.6) is 0 Å². The first-order valence-electron chi connectivity index (χ1n) is 6.66. The molecule has 1 rings (SSSR count). The number of sulfonamides is 1. The molecule has 17 heavy (non-hydrogen) atoms. The first-order valence-corrected chi connectivity index (χ1v) is 8.27. The van der Waals surface area contributed by atoms with E-state index in [2.05, 4.69) is 12.2 Å². The largest absolute Gasteiger partial charge is 0.317 e. The number of unbranched alkanes of at least 4 members (excludes halogenated alkanes) is 1. The highest BCUT2D eigenvalue weighted by Gasteiger charge is 2.29. The minimum Gasteiger partial charge on any atom is -0.317 e. The number of nitrogens with zero attached hydrogens (tertiary/aromatic N) is 1. The minimum absolute atomic E-state index is 0.315. The third-order valence-corrected chi connectivity index (χ3v) is 5.77. The molecular formula is C12H26N2O2S. The first-order chi connectivity index (χ1) is 8.01. The quantitative estimate of drug-likeness (QED) is 0.788. The molecule has 0 aromatic heterocycles. The van der Waals surface area contributed by atoms with Gasteiger partial charge in [0, 0.05) is 19.1 Å². The Kier molecular flexibility index (Phi) is 5.89. The van der Waals surface area contributed by atoms with Crippen molar-refractivity contribution in [3.63, 3.8) is 0 Å². The van der Waals surface area contributed by atoms with Gasteiger partial charge in [0.05, 0.1) is 5.75 Å². The SMILES string of the molecule is CCCCS(=O)(=O)N1CCC(C(C)NC)CC1. The summed E-state index contributed by atoms with van der Waals surface area (Å²) in [6, 6.07) is 0.482. The van der Waals surface area contributed by atoms with Crippen molar-refractivity contribution in [1.82, 2.24) is 9.62 Å². The fraction of sp³-hybridized carbons (Fsp3) is 1.00. The molecule has 1 unspecified atom stereocenters. The maximum atomic E-state index is 12.0. The van der Waals surface area contributed by atoms with E-state index in [-0.39, 0.29) is 0 Å². The third kappa shape index (κ3) is 4.23. The van der Waals surface area contributed by atoms with E-state index >= 15 is 0 Å². The van der Waals surface area contributed by atoms with E-state index in [0.717, 1.165) is 25.7 Å². The highest BCUT2D eigenvalue weighted by molar-refractivity contribution is 7.89. The van der Waals surface area contributed by atoms with Crippen molar-refractivity contribution < 1.29 is 8.42 Å². The second-order valence-corrected chi connectivity index (χ2v) is 7.07. The van der Waals surface area contributed by atoms with Crippen molar-refractivity contribution in [3.05, 3.63) is 0 Å². The predicted octanol–water partition coefficient (Wildman–Crippen LogP) is 1.44. The van der Waals surface area contributed by atoms with Crippen molar-refractivity contribution in [3.8, 4) is 0 Å². The molecule has 0 spiro atoms. The highest BCUT2D eigenvalue weighted by atomic mass is 32.2. The van der Waals surface area contributed by atoms with Crippen LogP contribution in [0.3, 0.4) is 0 Å². The van der Waals surface area contributed by atoms with Crippen molar-refractivity contribution >= 4 is 10.0 Å². The smallest absolute Gasteiger partial charge is 0.214 e. The van der Waals surface area contributed by atoms with E-state index in [9.17, 15) is 8.42 Å². The zero-order valence-electron chi connectivity index (χ0n) is 11.3. The number of hydrogen-bond acceptors (Lipinski definition) is 3. The molecule has 0 aliphatic carbocycles. The van der Waals surface area contributed by atoms with Crippen molar-refractivity contribution in [2.75, 3.05) is 25.9 Å². The predicted molar refractivity (Wildman–Crippen MR) is 71.5 cm³/mol. The molecule has 0 bridgehead atoms. The molecule has 1 heterocycles. The van der Waals surface area contributed by atoms with Crippen LogP contribution < -0.4 is 5.32 Å². The minimum atomic E-state index is -2.99. The van der Waals surface area contributed by atoms with Gasteiger partial charge in [0.15, 0.2) is 0 Å². The van der Waals surface area contributed by atoms with Gasteiger partial charge in [-0.15, -0.1) is 0 Å². The Hall–Kier alpha value is -0.130. The average molecular weight is 262 g/mol. The lowest BCUT2D eigenvalue weighted by Crippen LogP contribution is -2.44. The summed E-state index contributed by atoms with van der Waals surface area (Å²) in [5.41, 5.74) is 0. The Balaban J connectivity index is 2.46. The Morgan fingerprint density at radius 3 is 2.41 bits per heavy atom. The second-order valence-electron chi connectivity index (χ2n) is 4.98. The van der Waals surface area contributed by atoms with E-state index in [4.69, 9.17) is 0 Å². The molecule has 0 aromatic rings. The summed E-state index contributed by atoms with van der Waals surface area (Å²) in [7, 11) is -1.02. The monoisotopic (exact) mass is 262 g/mol. The molecular weight excluding hydrogens is 236 g/mol. The van der Waals surface area contributed by atoms with E-state index in [1.54, 1.807) is 4.31 Å². The Morgan fingerprint density at radius 2 is 1.94 bits per heavy atom. The van der Waals surface area contributed by atoms with E-state index < -0.39 is 10.0 Å². The summed E-state index contributed by atoms with van der Waals surface area (Å²) in [4.78, 5) is 0. The molecule has 1 aliphatic heterocycles. The van der Waals surface area contributed by atoms with Crippen molar-refractivity contribution in [2.24, 2.45) is 5.92 Å². The van der Waals surface area contributed by atoms with E-state index in [1.807, 2.05) is 14.0 Å². The van der Waals surface area contributed by atoms with Crippen molar-refractivity contribution in [2.45, 2.75) is 45.6 Å². The molecule has 1 N–H and O–H groups in total. The molecule has 0 amide bonds.